The Morgan fingerprint density at radius 3 is 2.76 bits per heavy atom. The minimum Gasteiger partial charge on any atom is -0.460 e. The smallest absolute Gasteiger partial charge is 0.375 e. The minimum atomic E-state index is -0.598. The standard InChI is InChI=1S/C11H14FN3O2/c1-3-17-11(16)10(13-2)15-14-9-7-5-4-6-8(9)12/h4-7,14H,3H2,1-2H3,(H,13,15). The first-order valence-corrected chi connectivity index (χ1v) is 5.12. The zero-order valence-electron chi connectivity index (χ0n) is 9.66. The fourth-order valence-corrected chi connectivity index (χ4v) is 1.07. The van der Waals surface area contributed by atoms with Gasteiger partial charge in [-0.3, -0.25) is 5.43 Å². The van der Waals surface area contributed by atoms with Gasteiger partial charge < -0.3 is 10.1 Å². The van der Waals surface area contributed by atoms with E-state index in [0.29, 0.717) is 0 Å². The van der Waals surface area contributed by atoms with Crippen LogP contribution in [-0.2, 0) is 9.53 Å². The summed E-state index contributed by atoms with van der Waals surface area (Å²) in [5, 5.41) is 6.30. The lowest BCUT2D eigenvalue weighted by Gasteiger charge is -2.06. The van der Waals surface area contributed by atoms with Gasteiger partial charge in [0.15, 0.2) is 0 Å². The van der Waals surface area contributed by atoms with Gasteiger partial charge in [-0.05, 0) is 19.1 Å². The van der Waals surface area contributed by atoms with E-state index in [1.54, 1.807) is 19.1 Å². The number of nitrogens with one attached hydrogen (secondary N) is 2. The molecule has 1 aromatic carbocycles. The third-order valence-electron chi connectivity index (χ3n) is 1.87. The molecule has 2 N–H and O–H groups in total. The Morgan fingerprint density at radius 2 is 2.18 bits per heavy atom. The first-order chi connectivity index (χ1) is 8.19. The van der Waals surface area contributed by atoms with Crippen molar-refractivity contribution in [1.29, 1.82) is 0 Å². The van der Waals surface area contributed by atoms with Gasteiger partial charge in [-0.2, -0.15) is 0 Å². The molecule has 0 bridgehead atoms. The molecule has 0 saturated carbocycles. The highest BCUT2D eigenvalue weighted by atomic mass is 19.1. The highest BCUT2D eigenvalue weighted by Crippen LogP contribution is 2.11. The lowest BCUT2D eigenvalue weighted by molar-refractivity contribution is -0.135. The zero-order chi connectivity index (χ0) is 12.7. The quantitative estimate of drug-likeness (QED) is 0.361. The minimum absolute atomic E-state index is 0.0184. The number of esters is 1. The fourth-order valence-electron chi connectivity index (χ4n) is 1.07. The number of ether oxygens (including phenoxy) is 1. The van der Waals surface area contributed by atoms with Gasteiger partial charge in [0, 0.05) is 7.05 Å². The first kappa shape index (κ1) is 13.0. The summed E-state index contributed by atoms with van der Waals surface area (Å²) in [6, 6.07) is 6.03. The average Bonchev–Trinajstić information content (AvgIpc) is 2.32. The van der Waals surface area contributed by atoms with Crippen LogP contribution in [0.2, 0.25) is 0 Å². The number of anilines is 1. The summed E-state index contributed by atoms with van der Waals surface area (Å²) in [5.74, 6) is -1.07. The molecule has 0 heterocycles. The zero-order valence-corrected chi connectivity index (χ0v) is 9.66. The lowest BCUT2D eigenvalue weighted by Crippen LogP contribution is -2.30. The van der Waals surface area contributed by atoms with Crippen molar-refractivity contribution in [2.24, 2.45) is 5.10 Å². The van der Waals surface area contributed by atoms with E-state index in [1.807, 2.05) is 0 Å². The van der Waals surface area contributed by atoms with Gasteiger partial charge in [0.1, 0.15) is 5.82 Å². The van der Waals surface area contributed by atoms with Crippen LogP contribution in [-0.4, -0.2) is 25.5 Å². The number of nitrogens with zero attached hydrogens (tertiary/aromatic N) is 1. The van der Waals surface area contributed by atoms with Crippen LogP contribution in [0.15, 0.2) is 29.4 Å². The van der Waals surface area contributed by atoms with Crippen LogP contribution in [0.3, 0.4) is 0 Å². The molecule has 17 heavy (non-hydrogen) atoms. The molecule has 0 aromatic heterocycles. The van der Waals surface area contributed by atoms with Crippen LogP contribution in [0.25, 0.3) is 0 Å². The molecule has 0 aliphatic carbocycles. The van der Waals surface area contributed by atoms with E-state index in [1.165, 1.54) is 19.2 Å². The number of para-hydroxylation sites is 1. The van der Waals surface area contributed by atoms with Gasteiger partial charge in [0.25, 0.3) is 0 Å². The monoisotopic (exact) mass is 239 g/mol. The predicted molar refractivity (Wildman–Crippen MR) is 63.2 cm³/mol. The second-order valence-electron chi connectivity index (χ2n) is 3.02. The Balaban J connectivity index is 2.74. The average molecular weight is 239 g/mol. The number of benzene rings is 1. The van der Waals surface area contributed by atoms with E-state index in [2.05, 4.69) is 15.8 Å². The molecular weight excluding hydrogens is 225 g/mol. The van der Waals surface area contributed by atoms with Crippen molar-refractivity contribution in [2.75, 3.05) is 19.1 Å². The van der Waals surface area contributed by atoms with E-state index >= 15 is 0 Å². The second-order valence-corrected chi connectivity index (χ2v) is 3.02. The number of hydrogen-bond acceptors (Lipinski definition) is 4. The van der Waals surface area contributed by atoms with Gasteiger partial charge in [-0.25, -0.2) is 9.18 Å². The van der Waals surface area contributed by atoms with Crippen molar-refractivity contribution < 1.29 is 13.9 Å². The van der Waals surface area contributed by atoms with E-state index < -0.39 is 11.8 Å². The topological polar surface area (TPSA) is 62.7 Å². The van der Waals surface area contributed by atoms with Crippen LogP contribution in [0.4, 0.5) is 10.1 Å². The maximum atomic E-state index is 13.2. The Kier molecular flexibility index (Phi) is 4.93. The fraction of sp³-hybridized carbons (Fsp3) is 0.273. The molecule has 0 radical (unpaired) electrons. The van der Waals surface area contributed by atoms with E-state index in [9.17, 15) is 9.18 Å². The molecule has 0 spiro atoms. The van der Waals surface area contributed by atoms with Crippen LogP contribution in [0.5, 0.6) is 0 Å². The molecule has 0 amide bonds. The van der Waals surface area contributed by atoms with Gasteiger partial charge >= 0.3 is 5.97 Å². The van der Waals surface area contributed by atoms with Crippen molar-refractivity contribution in [3.8, 4) is 0 Å². The third kappa shape index (κ3) is 3.75. The molecule has 1 rings (SSSR count). The highest BCUT2D eigenvalue weighted by molar-refractivity contribution is 6.35. The van der Waals surface area contributed by atoms with Crippen molar-refractivity contribution >= 4 is 17.5 Å². The molecule has 0 fully saturated rings. The number of carbonyl (C=O) groups excluding carboxylic acids is 1. The maximum absolute atomic E-state index is 13.2. The summed E-state index contributed by atoms with van der Waals surface area (Å²) < 4.78 is 18.0. The van der Waals surface area contributed by atoms with Gasteiger partial charge in [-0.15, -0.1) is 5.10 Å². The Morgan fingerprint density at radius 1 is 1.47 bits per heavy atom. The molecule has 5 nitrogen and oxygen atoms in total. The molecule has 0 unspecified atom stereocenters. The predicted octanol–water partition coefficient (Wildman–Crippen LogP) is 1.33. The van der Waals surface area contributed by atoms with Gasteiger partial charge in [0.2, 0.25) is 5.84 Å². The number of rotatable bonds is 3. The molecular formula is C11H14FN3O2. The summed E-state index contributed by atoms with van der Waals surface area (Å²) >= 11 is 0. The SMILES string of the molecule is CCOC(=O)C(=NNc1ccccc1F)NC. The summed E-state index contributed by atoms with van der Waals surface area (Å²) in [6.07, 6.45) is 0. The van der Waals surface area contributed by atoms with Crippen LogP contribution >= 0.6 is 0 Å². The normalized spacial score (nSPS) is 10.9. The van der Waals surface area contributed by atoms with Crippen LogP contribution in [0.1, 0.15) is 6.92 Å². The number of carbonyl (C=O) groups is 1. The van der Waals surface area contributed by atoms with E-state index in [-0.39, 0.29) is 18.1 Å². The van der Waals surface area contributed by atoms with Crippen LogP contribution < -0.4 is 10.7 Å². The highest BCUT2D eigenvalue weighted by Gasteiger charge is 2.10. The van der Waals surface area contributed by atoms with E-state index in [4.69, 9.17) is 4.74 Å². The maximum Gasteiger partial charge on any atom is 0.375 e. The van der Waals surface area contributed by atoms with Crippen molar-refractivity contribution in [2.45, 2.75) is 6.92 Å². The lowest BCUT2D eigenvalue weighted by atomic mass is 10.3. The molecule has 0 saturated heterocycles. The number of hydrogen-bond donors (Lipinski definition) is 2. The van der Waals surface area contributed by atoms with Gasteiger partial charge in [0.05, 0.1) is 12.3 Å². The van der Waals surface area contributed by atoms with Gasteiger partial charge in [-0.1, -0.05) is 12.1 Å². The Hall–Kier alpha value is -2.11. The molecule has 6 heteroatoms. The summed E-state index contributed by atoms with van der Waals surface area (Å²) in [7, 11) is 1.53. The van der Waals surface area contributed by atoms with Crippen molar-refractivity contribution in [3.63, 3.8) is 0 Å². The molecule has 92 valence electrons. The van der Waals surface area contributed by atoms with Crippen LogP contribution in [0, 0.1) is 5.82 Å². The van der Waals surface area contributed by atoms with E-state index in [0.717, 1.165) is 0 Å². The summed E-state index contributed by atoms with van der Waals surface area (Å²) in [6.45, 7) is 1.94. The number of likely N-dealkylation sites (N-methyl/N-ethyl adjacent to an activating group) is 1. The number of halogens is 1. The van der Waals surface area contributed by atoms with Crippen molar-refractivity contribution in [1.82, 2.24) is 5.32 Å². The number of hydrazone groups is 1. The Bertz CT molecular complexity index is 421. The molecule has 0 aliphatic heterocycles. The largest absolute Gasteiger partial charge is 0.460 e. The summed E-state index contributed by atoms with van der Waals surface area (Å²) in [5.41, 5.74) is 2.64. The number of amidine groups is 1. The molecule has 0 atom stereocenters. The Labute approximate surface area is 98.7 Å². The summed E-state index contributed by atoms with van der Waals surface area (Å²) in [4.78, 5) is 11.3. The molecule has 1 aromatic rings. The second kappa shape index (κ2) is 6.47. The first-order valence-electron chi connectivity index (χ1n) is 5.12. The third-order valence-corrected chi connectivity index (χ3v) is 1.87. The van der Waals surface area contributed by atoms with Crippen molar-refractivity contribution in [3.05, 3.63) is 30.1 Å². The molecule has 0 aliphatic rings.